The highest BCUT2D eigenvalue weighted by Gasteiger charge is 2.16. The summed E-state index contributed by atoms with van der Waals surface area (Å²) in [6, 6.07) is 13.8. The van der Waals surface area contributed by atoms with Gasteiger partial charge in [-0.25, -0.2) is 8.78 Å². The van der Waals surface area contributed by atoms with E-state index in [0.29, 0.717) is 29.1 Å². The lowest BCUT2D eigenvalue weighted by Gasteiger charge is -2.12. The van der Waals surface area contributed by atoms with Gasteiger partial charge in [0.1, 0.15) is 23.0 Å². The molecule has 0 bridgehead atoms. The summed E-state index contributed by atoms with van der Waals surface area (Å²) in [7, 11) is 0. The van der Waals surface area contributed by atoms with E-state index in [-0.39, 0.29) is 16.5 Å². The maximum absolute atomic E-state index is 14.0. The number of anilines is 1. The van der Waals surface area contributed by atoms with Crippen molar-refractivity contribution in [2.45, 2.75) is 13.8 Å². The largest absolute Gasteiger partial charge is 0.493 e. The number of halogens is 3. The van der Waals surface area contributed by atoms with Crippen molar-refractivity contribution >= 4 is 39.7 Å². The van der Waals surface area contributed by atoms with E-state index in [4.69, 9.17) is 20.8 Å². The quantitative estimate of drug-likeness (QED) is 0.299. The van der Waals surface area contributed by atoms with Crippen molar-refractivity contribution in [3.8, 4) is 16.9 Å². The number of rotatable bonds is 6. The lowest BCUT2D eigenvalue weighted by atomic mass is 9.99. The Hall–Kier alpha value is -3.64. The number of carbonyl (C=O) groups excluding carboxylic acids is 1. The molecule has 3 aromatic carbocycles. The van der Waals surface area contributed by atoms with Crippen LogP contribution in [0.3, 0.4) is 0 Å². The van der Waals surface area contributed by atoms with Gasteiger partial charge in [-0.05, 0) is 61.4 Å². The molecule has 1 aromatic heterocycles. The molecule has 0 atom stereocenters. The summed E-state index contributed by atoms with van der Waals surface area (Å²) < 4.78 is 38.9. The van der Waals surface area contributed by atoms with Crippen LogP contribution in [0.4, 0.5) is 14.5 Å². The molecule has 0 saturated carbocycles. The first-order chi connectivity index (χ1) is 15.9. The van der Waals surface area contributed by atoms with Gasteiger partial charge in [-0.15, -0.1) is 0 Å². The van der Waals surface area contributed by atoms with Crippen molar-refractivity contribution in [3.05, 3.63) is 89.2 Å². The van der Waals surface area contributed by atoms with Gasteiger partial charge in [-0.1, -0.05) is 23.7 Å². The van der Waals surface area contributed by atoms with E-state index in [1.807, 2.05) is 13.0 Å². The molecule has 0 fully saturated rings. The third-order valence-electron chi connectivity index (χ3n) is 5.09. The van der Waals surface area contributed by atoms with Crippen molar-refractivity contribution in [1.29, 1.82) is 0 Å². The molecule has 168 valence electrons. The smallest absolute Gasteiger partial charge is 0.248 e. The van der Waals surface area contributed by atoms with E-state index < -0.39 is 11.7 Å². The Bertz CT molecular complexity index is 1360. The molecule has 33 heavy (non-hydrogen) atoms. The maximum Gasteiger partial charge on any atom is 0.248 e. The SMILES string of the molecule is CCOc1cc2occ(-c3ccc(F)cc3)c2cc1/C(C)=C/C(=O)Nc1ccc(Cl)cc1F. The summed E-state index contributed by atoms with van der Waals surface area (Å²) in [5.74, 6) is -0.903. The zero-order valence-corrected chi connectivity index (χ0v) is 18.7. The van der Waals surface area contributed by atoms with Crippen LogP contribution in [0.15, 0.2) is 71.4 Å². The highest BCUT2D eigenvalue weighted by atomic mass is 35.5. The van der Waals surface area contributed by atoms with Gasteiger partial charge in [0.15, 0.2) is 0 Å². The molecular weight excluding hydrogens is 448 g/mol. The van der Waals surface area contributed by atoms with Crippen LogP contribution in [0.25, 0.3) is 27.7 Å². The van der Waals surface area contributed by atoms with E-state index in [9.17, 15) is 13.6 Å². The van der Waals surface area contributed by atoms with E-state index in [0.717, 1.165) is 22.6 Å². The highest BCUT2D eigenvalue weighted by molar-refractivity contribution is 6.30. The number of fused-ring (bicyclic) bond motifs is 1. The number of nitrogens with one attached hydrogen (secondary N) is 1. The van der Waals surface area contributed by atoms with Gasteiger partial charge in [0.05, 0.1) is 18.6 Å². The second kappa shape index (κ2) is 9.46. The number of hydrogen-bond acceptors (Lipinski definition) is 3. The summed E-state index contributed by atoms with van der Waals surface area (Å²) >= 11 is 5.76. The molecule has 0 aliphatic rings. The van der Waals surface area contributed by atoms with Crippen molar-refractivity contribution < 1.29 is 22.7 Å². The first-order valence-corrected chi connectivity index (χ1v) is 10.6. The normalized spacial score (nSPS) is 11.6. The first kappa shape index (κ1) is 22.6. The summed E-state index contributed by atoms with van der Waals surface area (Å²) in [6.45, 7) is 4.04. The first-order valence-electron chi connectivity index (χ1n) is 10.2. The number of amides is 1. The lowest BCUT2D eigenvalue weighted by molar-refractivity contribution is -0.111. The van der Waals surface area contributed by atoms with E-state index in [2.05, 4.69) is 5.32 Å². The Morgan fingerprint density at radius 3 is 2.58 bits per heavy atom. The molecule has 0 spiro atoms. The second-order valence-corrected chi connectivity index (χ2v) is 7.81. The Morgan fingerprint density at radius 1 is 1.12 bits per heavy atom. The molecule has 0 radical (unpaired) electrons. The number of hydrogen-bond donors (Lipinski definition) is 1. The van der Waals surface area contributed by atoms with E-state index in [1.165, 1.54) is 30.3 Å². The van der Waals surface area contributed by atoms with Crippen LogP contribution in [-0.2, 0) is 4.79 Å². The molecule has 4 rings (SSSR count). The summed E-state index contributed by atoms with van der Waals surface area (Å²) in [5, 5.41) is 3.55. The third-order valence-corrected chi connectivity index (χ3v) is 5.33. The predicted octanol–water partition coefficient (Wildman–Crippen LogP) is 7.47. The number of allylic oxidation sites excluding steroid dienone is 1. The van der Waals surface area contributed by atoms with Crippen LogP contribution < -0.4 is 10.1 Å². The minimum absolute atomic E-state index is 0.0300. The molecule has 0 saturated heterocycles. The van der Waals surface area contributed by atoms with Gasteiger partial charge in [0.2, 0.25) is 5.91 Å². The fourth-order valence-corrected chi connectivity index (χ4v) is 3.68. The summed E-state index contributed by atoms with van der Waals surface area (Å²) in [6.07, 6.45) is 2.97. The van der Waals surface area contributed by atoms with Gasteiger partial charge < -0.3 is 14.5 Å². The Labute approximate surface area is 194 Å². The average Bonchev–Trinajstić information content (AvgIpc) is 3.18. The van der Waals surface area contributed by atoms with Gasteiger partial charge in [0.25, 0.3) is 0 Å². The van der Waals surface area contributed by atoms with Gasteiger partial charge in [-0.2, -0.15) is 0 Å². The maximum atomic E-state index is 14.0. The molecule has 4 aromatic rings. The topological polar surface area (TPSA) is 51.5 Å². The molecule has 1 heterocycles. The van der Waals surface area contributed by atoms with Crippen molar-refractivity contribution in [3.63, 3.8) is 0 Å². The Balaban J connectivity index is 1.72. The fraction of sp³-hybridized carbons (Fsp3) is 0.115. The monoisotopic (exact) mass is 467 g/mol. The molecule has 7 heteroatoms. The number of benzene rings is 3. The number of ether oxygens (including phenoxy) is 1. The van der Waals surface area contributed by atoms with Crippen LogP contribution in [0.5, 0.6) is 5.75 Å². The third kappa shape index (κ3) is 4.91. The second-order valence-electron chi connectivity index (χ2n) is 7.37. The van der Waals surface area contributed by atoms with Crippen LogP contribution >= 0.6 is 11.6 Å². The van der Waals surface area contributed by atoms with Crippen LogP contribution in [0.1, 0.15) is 19.4 Å². The standard InChI is InChI=1S/C26H20ClF2NO3/c1-3-32-24-13-25-20(21(14-33-25)16-4-7-18(28)8-5-16)12-19(24)15(2)10-26(31)30-23-9-6-17(27)11-22(23)29/h4-14H,3H2,1-2H3,(H,30,31)/b15-10+. The zero-order valence-electron chi connectivity index (χ0n) is 17.9. The lowest BCUT2D eigenvalue weighted by Crippen LogP contribution is -2.10. The number of carbonyl (C=O) groups is 1. The fourth-order valence-electron chi connectivity index (χ4n) is 3.53. The molecule has 0 unspecified atom stereocenters. The summed E-state index contributed by atoms with van der Waals surface area (Å²) in [5.41, 5.74) is 3.50. The molecule has 4 nitrogen and oxygen atoms in total. The van der Waals surface area contributed by atoms with Crippen molar-refractivity contribution in [1.82, 2.24) is 0 Å². The van der Waals surface area contributed by atoms with Crippen molar-refractivity contribution in [2.24, 2.45) is 0 Å². The number of furan rings is 1. The molecule has 1 N–H and O–H groups in total. The van der Waals surface area contributed by atoms with Crippen LogP contribution in [-0.4, -0.2) is 12.5 Å². The molecule has 0 aliphatic heterocycles. The predicted molar refractivity (Wildman–Crippen MR) is 126 cm³/mol. The highest BCUT2D eigenvalue weighted by Crippen LogP contribution is 2.37. The van der Waals surface area contributed by atoms with Crippen LogP contribution in [0.2, 0.25) is 5.02 Å². The summed E-state index contributed by atoms with van der Waals surface area (Å²) in [4.78, 5) is 12.6. The van der Waals surface area contributed by atoms with Gasteiger partial charge >= 0.3 is 0 Å². The minimum atomic E-state index is -0.624. The minimum Gasteiger partial charge on any atom is -0.493 e. The van der Waals surface area contributed by atoms with Crippen molar-refractivity contribution in [2.75, 3.05) is 11.9 Å². The van der Waals surface area contributed by atoms with E-state index in [1.54, 1.807) is 31.4 Å². The molecule has 0 aliphatic carbocycles. The van der Waals surface area contributed by atoms with E-state index >= 15 is 0 Å². The molecule has 1 amide bonds. The zero-order chi connectivity index (χ0) is 23.5. The van der Waals surface area contributed by atoms with Crippen LogP contribution in [0, 0.1) is 11.6 Å². The average molecular weight is 468 g/mol. The Kier molecular flexibility index (Phi) is 6.47. The Morgan fingerprint density at radius 2 is 1.88 bits per heavy atom. The molecular formula is C26H20ClF2NO3. The van der Waals surface area contributed by atoms with Gasteiger partial charge in [-0.3, -0.25) is 4.79 Å². The van der Waals surface area contributed by atoms with Gasteiger partial charge in [0, 0.05) is 33.7 Å².